The van der Waals surface area contributed by atoms with Crippen LogP contribution in [0.4, 0.5) is 0 Å². The van der Waals surface area contributed by atoms with E-state index in [1.807, 2.05) is 0 Å². The van der Waals surface area contributed by atoms with Crippen LogP contribution in [-0.4, -0.2) is 22.7 Å². The number of aliphatic hydroxyl groups is 1. The molecule has 2 N–H and O–H groups in total. The number of aromatic amines is 1. The van der Waals surface area contributed by atoms with E-state index >= 15 is 0 Å². The van der Waals surface area contributed by atoms with E-state index in [1.165, 1.54) is 0 Å². The number of H-pyrrole nitrogens is 1. The number of aliphatic carboxylic acids is 1. The molecule has 0 amide bonds. The van der Waals surface area contributed by atoms with Gasteiger partial charge in [-0.15, -0.1) is 0 Å². The van der Waals surface area contributed by atoms with Crippen LogP contribution < -0.4 is 39.2 Å². The fraction of sp³-hybridized carbons (Fsp3) is 0.429. The van der Waals surface area contributed by atoms with Crippen LogP contribution in [0.3, 0.4) is 0 Å². The molecule has 0 saturated carbocycles. The largest absolute Gasteiger partial charge is 1.00 e. The number of aromatic nitrogens is 2. The van der Waals surface area contributed by atoms with E-state index in [0.717, 1.165) is 0 Å². The van der Waals surface area contributed by atoms with Crippen molar-refractivity contribution in [1.82, 2.24) is 4.98 Å². The van der Waals surface area contributed by atoms with Crippen LogP contribution in [0.15, 0.2) is 12.4 Å². The molecule has 1 aromatic heterocycles. The van der Waals surface area contributed by atoms with Crippen molar-refractivity contribution < 1.29 is 49.1 Å². The molecule has 0 fully saturated rings. The first kappa shape index (κ1) is 12.6. The minimum absolute atomic E-state index is 0. The van der Waals surface area contributed by atoms with Gasteiger partial charge >= 0.3 is 29.6 Å². The van der Waals surface area contributed by atoms with Gasteiger partial charge in [0.1, 0.15) is 18.9 Å². The molecule has 0 aromatic carbocycles. The number of carboxylic acid groups (broad SMARTS) is 1. The van der Waals surface area contributed by atoms with Crippen LogP contribution in [0, 0.1) is 0 Å². The van der Waals surface area contributed by atoms with Crippen molar-refractivity contribution >= 4 is 5.97 Å². The van der Waals surface area contributed by atoms with Crippen molar-refractivity contribution in [1.29, 1.82) is 0 Å². The third kappa shape index (κ3) is 3.91. The summed E-state index contributed by atoms with van der Waals surface area (Å²) in [6.07, 6.45) is 3.13. The topological polar surface area (TPSA) is 80.0 Å². The second-order valence-electron chi connectivity index (χ2n) is 2.37. The number of nitrogens with one attached hydrogen (secondary N) is 1. The summed E-state index contributed by atoms with van der Waals surface area (Å²) in [5.41, 5.74) is 0. The summed E-state index contributed by atoms with van der Waals surface area (Å²) in [5.74, 6) is -0.604. The zero-order valence-corrected chi connectivity index (χ0v) is 9.49. The number of rotatable bonds is 4. The van der Waals surface area contributed by atoms with Gasteiger partial charge in [-0.05, 0) is 0 Å². The summed E-state index contributed by atoms with van der Waals surface area (Å²) >= 11 is 0. The van der Waals surface area contributed by atoms with Gasteiger partial charge in [0.05, 0.1) is 19.0 Å². The third-order valence-corrected chi connectivity index (χ3v) is 1.50. The molecule has 0 saturated heterocycles. The first-order valence-electron chi connectivity index (χ1n) is 3.60. The number of carbonyl (C=O) groups excluding carboxylic acids is 1. The SMILES string of the molecule is O=C([O-])Cc1[nH]cc[n+]1CCO.[Na+]. The Bertz CT molecular complexity index is 274. The van der Waals surface area contributed by atoms with Crippen LogP contribution in [0.5, 0.6) is 0 Å². The van der Waals surface area contributed by atoms with E-state index in [9.17, 15) is 9.90 Å². The van der Waals surface area contributed by atoms with Crippen molar-refractivity contribution in [2.45, 2.75) is 13.0 Å². The Balaban J connectivity index is 0.00000144. The number of aliphatic hydroxyl groups excluding tert-OH is 1. The van der Waals surface area contributed by atoms with Crippen molar-refractivity contribution in [3.63, 3.8) is 0 Å². The molecule has 66 valence electrons. The number of nitrogens with zero attached hydrogens (tertiary/aromatic N) is 1. The molecule has 0 bridgehead atoms. The van der Waals surface area contributed by atoms with Crippen molar-refractivity contribution in [3.8, 4) is 0 Å². The predicted octanol–water partition coefficient (Wildman–Crippen LogP) is -5.41. The summed E-state index contributed by atoms with van der Waals surface area (Å²) in [7, 11) is 0. The molecule has 5 nitrogen and oxygen atoms in total. The third-order valence-electron chi connectivity index (χ3n) is 1.50. The Morgan fingerprint density at radius 2 is 2.38 bits per heavy atom. The van der Waals surface area contributed by atoms with Gasteiger partial charge < -0.3 is 15.0 Å². The summed E-state index contributed by atoms with van der Waals surface area (Å²) in [6, 6.07) is 0. The molecule has 0 radical (unpaired) electrons. The Morgan fingerprint density at radius 1 is 1.69 bits per heavy atom. The molecule has 0 atom stereocenters. The van der Waals surface area contributed by atoms with Crippen molar-refractivity contribution in [2.24, 2.45) is 0 Å². The van der Waals surface area contributed by atoms with Crippen LogP contribution in [-0.2, 0) is 17.8 Å². The molecule has 0 aliphatic heterocycles. The Morgan fingerprint density at radius 3 is 2.92 bits per heavy atom. The quantitative estimate of drug-likeness (QED) is 0.370. The van der Waals surface area contributed by atoms with Gasteiger partial charge in [0.15, 0.2) is 0 Å². The van der Waals surface area contributed by atoms with E-state index in [4.69, 9.17) is 5.11 Å². The van der Waals surface area contributed by atoms with Crippen molar-refractivity contribution in [2.75, 3.05) is 6.61 Å². The summed E-state index contributed by atoms with van der Waals surface area (Å²) in [4.78, 5) is 13.0. The van der Waals surface area contributed by atoms with Gasteiger partial charge in [-0.2, -0.15) is 0 Å². The molecule has 6 heteroatoms. The van der Waals surface area contributed by atoms with E-state index in [2.05, 4.69) is 4.98 Å². The van der Waals surface area contributed by atoms with Gasteiger partial charge in [0, 0.05) is 0 Å². The number of carboxylic acids is 1. The molecule has 0 aliphatic carbocycles. The van der Waals surface area contributed by atoms with Gasteiger partial charge in [-0.25, -0.2) is 9.55 Å². The van der Waals surface area contributed by atoms with Crippen LogP contribution >= 0.6 is 0 Å². The monoisotopic (exact) mass is 193 g/mol. The summed E-state index contributed by atoms with van der Waals surface area (Å²) in [5, 5.41) is 18.8. The summed E-state index contributed by atoms with van der Waals surface area (Å²) in [6.45, 7) is 0.384. The van der Waals surface area contributed by atoms with Crippen LogP contribution in [0.2, 0.25) is 0 Å². The second-order valence-corrected chi connectivity index (χ2v) is 2.37. The Kier molecular flexibility index (Phi) is 5.98. The van der Waals surface area contributed by atoms with E-state index in [-0.39, 0.29) is 42.6 Å². The minimum atomic E-state index is -1.14. The van der Waals surface area contributed by atoms with E-state index in [1.54, 1.807) is 17.0 Å². The molecular formula is C7H10N2NaO3+. The minimum Gasteiger partial charge on any atom is -0.549 e. The fourth-order valence-electron chi connectivity index (χ4n) is 1.00. The fourth-order valence-corrected chi connectivity index (χ4v) is 1.00. The molecule has 1 heterocycles. The number of hydrogen-bond acceptors (Lipinski definition) is 3. The standard InChI is InChI=1S/C7H10N2O3.Na/c10-4-3-9-2-1-8-6(9)5-7(11)12;/h1-2,10H,3-5H2,(H,11,12);/q;+1. The number of hydrogen-bond donors (Lipinski definition) is 2. The maximum Gasteiger partial charge on any atom is 1.00 e. The average molecular weight is 193 g/mol. The Labute approximate surface area is 97.7 Å². The average Bonchev–Trinajstić information content (AvgIpc) is 2.37. The molecular weight excluding hydrogens is 183 g/mol. The molecule has 1 aromatic rings. The van der Waals surface area contributed by atoms with Crippen molar-refractivity contribution in [3.05, 3.63) is 18.2 Å². The normalized spacial score (nSPS) is 9.31. The van der Waals surface area contributed by atoms with Crippen LogP contribution in [0.25, 0.3) is 0 Å². The first-order chi connectivity index (χ1) is 5.74. The van der Waals surface area contributed by atoms with E-state index in [0.29, 0.717) is 12.4 Å². The molecule has 0 spiro atoms. The molecule has 13 heavy (non-hydrogen) atoms. The maximum absolute atomic E-state index is 10.2. The molecule has 0 aliphatic rings. The summed E-state index contributed by atoms with van der Waals surface area (Å²) < 4.78 is 1.63. The zero-order chi connectivity index (χ0) is 8.97. The molecule has 1 rings (SSSR count). The second kappa shape index (κ2) is 6.15. The van der Waals surface area contributed by atoms with Gasteiger partial charge in [0.25, 0.3) is 5.82 Å². The van der Waals surface area contributed by atoms with Gasteiger partial charge in [-0.1, -0.05) is 0 Å². The van der Waals surface area contributed by atoms with Gasteiger partial charge in [-0.3, -0.25) is 0 Å². The van der Waals surface area contributed by atoms with Gasteiger partial charge in [0.2, 0.25) is 0 Å². The Hall–Kier alpha value is -0.360. The number of carbonyl (C=O) groups is 1. The zero-order valence-electron chi connectivity index (χ0n) is 7.49. The molecule has 0 unspecified atom stereocenters. The predicted molar refractivity (Wildman–Crippen MR) is 36.8 cm³/mol. The van der Waals surface area contributed by atoms with E-state index < -0.39 is 5.97 Å². The maximum atomic E-state index is 10.2. The smallest absolute Gasteiger partial charge is 0.549 e. The number of imidazole rings is 1. The first-order valence-corrected chi connectivity index (χ1v) is 3.60. The van der Waals surface area contributed by atoms with Crippen LogP contribution in [0.1, 0.15) is 5.82 Å².